The number of nitrogens with one attached hydrogen (secondary N) is 1. The SMILES string of the molecule is O=S(=O)(c1ccc(CC2CCCN2)cc1Br)C1COC1. The van der Waals surface area contributed by atoms with Crippen molar-refractivity contribution in [3.8, 4) is 0 Å². The van der Waals surface area contributed by atoms with Crippen LogP contribution in [0.15, 0.2) is 27.6 Å². The summed E-state index contributed by atoms with van der Waals surface area (Å²) in [6.45, 7) is 1.70. The monoisotopic (exact) mass is 359 g/mol. The lowest BCUT2D eigenvalue weighted by Gasteiger charge is -2.26. The summed E-state index contributed by atoms with van der Waals surface area (Å²) in [5.41, 5.74) is 1.17. The van der Waals surface area contributed by atoms with Gasteiger partial charge >= 0.3 is 0 Å². The second-order valence-electron chi connectivity index (χ2n) is 5.47. The van der Waals surface area contributed by atoms with Gasteiger partial charge in [0.25, 0.3) is 0 Å². The normalized spacial score (nSPS) is 23.8. The summed E-state index contributed by atoms with van der Waals surface area (Å²) in [6.07, 6.45) is 3.36. The zero-order valence-corrected chi connectivity index (χ0v) is 13.5. The molecule has 20 heavy (non-hydrogen) atoms. The van der Waals surface area contributed by atoms with Crippen LogP contribution in [0.4, 0.5) is 0 Å². The van der Waals surface area contributed by atoms with Crippen molar-refractivity contribution in [1.82, 2.24) is 5.32 Å². The molecular formula is C14H18BrNO3S. The van der Waals surface area contributed by atoms with Crippen LogP contribution in [0.5, 0.6) is 0 Å². The number of benzene rings is 1. The van der Waals surface area contributed by atoms with Gasteiger partial charge in [0.05, 0.1) is 18.1 Å². The molecule has 2 aliphatic rings. The van der Waals surface area contributed by atoms with Gasteiger partial charge in [-0.05, 0) is 59.4 Å². The van der Waals surface area contributed by atoms with Crippen LogP contribution in [-0.4, -0.2) is 39.5 Å². The Morgan fingerprint density at radius 3 is 2.70 bits per heavy atom. The first-order valence-corrected chi connectivity index (χ1v) is 9.25. The molecule has 4 nitrogen and oxygen atoms in total. The molecule has 0 aliphatic carbocycles. The molecule has 0 amide bonds. The Balaban J connectivity index is 1.80. The Morgan fingerprint density at radius 1 is 1.35 bits per heavy atom. The highest BCUT2D eigenvalue weighted by Crippen LogP contribution is 2.29. The molecule has 1 aromatic rings. The molecule has 3 rings (SSSR count). The number of sulfone groups is 1. The number of halogens is 1. The van der Waals surface area contributed by atoms with Crippen molar-refractivity contribution in [3.05, 3.63) is 28.2 Å². The van der Waals surface area contributed by atoms with Gasteiger partial charge in [0, 0.05) is 10.5 Å². The van der Waals surface area contributed by atoms with Gasteiger partial charge in [-0.15, -0.1) is 0 Å². The Bertz CT molecular complexity index is 592. The fraction of sp³-hybridized carbons (Fsp3) is 0.571. The minimum absolute atomic E-state index is 0.308. The van der Waals surface area contributed by atoms with Crippen LogP contribution >= 0.6 is 15.9 Å². The largest absolute Gasteiger partial charge is 0.379 e. The number of rotatable bonds is 4. The third-order valence-corrected chi connectivity index (χ3v) is 7.03. The molecule has 2 fully saturated rings. The van der Waals surface area contributed by atoms with Crippen LogP contribution in [0.1, 0.15) is 18.4 Å². The third kappa shape index (κ3) is 2.79. The van der Waals surface area contributed by atoms with Gasteiger partial charge in [-0.1, -0.05) is 6.07 Å². The molecular weight excluding hydrogens is 342 g/mol. The molecule has 1 atom stereocenters. The maximum Gasteiger partial charge on any atom is 0.186 e. The lowest BCUT2D eigenvalue weighted by molar-refractivity contribution is 0.0416. The highest BCUT2D eigenvalue weighted by molar-refractivity contribution is 9.10. The molecule has 0 spiro atoms. The first kappa shape index (κ1) is 14.5. The van der Waals surface area contributed by atoms with Crippen LogP contribution in [0.2, 0.25) is 0 Å². The van der Waals surface area contributed by atoms with Crippen LogP contribution in [0.25, 0.3) is 0 Å². The Morgan fingerprint density at radius 2 is 2.15 bits per heavy atom. The van der Waals surface area contributed by atoms with Gasteiger partial charge in [-0.3, -0.25) is 0 Å². The van der Waals surface area contributed by atoms with Gasteiger partial charge in [-0.2, -0.15) is 0 Å². The van der Waals surface area contributed by atoms with E-state index in [1.165, 1.54) is 18.4 Å². The number of ether oxygens (including phenoxy) is 1. The quantitative estimate of drug-likeness (QED) is 0.892. The van der Waals surface area contributed by atoms with Crippen molar-refractivity contribution in [3.63, 3.8) is 0 Å². The highest BCUT2D eigenvalue weighted by Gasteiger charge is 2.35. The third-order valence-electron chi connectivity index (χ3n) is 3.99. The van der Waals surface area contributed by atoms with Crippen LogP contribution in [0, 0.1) is 0 Å². The van der Waals surface area contributed by atoms with Crippen molar-refractivity contribution in [2.45, 2.75) is 35.4 Å². The molecule has 0 aromatic heterocycles. The molecule has 1 N–H and O–H groups in total. The van der Waals surface area contributed by atoms with E-state index < -0.39 is 9.84 Å². The second-order valence-corrected chi connectivity index (χ2v) is 8.52. The Hall–Kier alpha value is -0.430. The first-order chi connectivity index (χ1) is 9.57. The maximum absolute atomic E-state index is 12.4. The first-order valence-electron chi connectivity index (χ1n) is 6.91. The summed E-state index contributed by atoms with van der Waals surface area (Å²) in [4.78, 5) is 0.383. The molecule has 1 unspecified atom stereocenters. The van der Waals surface area contributed by atoms with E-state index in [0.29, 0.717) is 28.6 Å². The lowest BCUT2D eigenvalue weighted by atomic mass is 10.1. The summed E-state index contributed by atoms with van der Waals surface area (Å²) in [5.74, 6) is 0. The van der Waals surface area contributed by atoms with Gasteiger partial charge in [-0.25, -0.2) is 8.42 Å². The van der Waals surface area contributed by atoms with Crippen molar-refractivity contribution < 1.29 is 13.2 Å². The zero-order chi connectivity index (χ0) is 14.2. The Kier molecular flexibility index (Phi) is 4.17. The summed E-state index contributed by atoms with van der Waals surface area (Å²) in [7, 11) is -3.26. The molecule has 0 radical (unpaired) electrons. The standard InChI is InChI=1S/C14H18BrNO3S/c15-13-7-10(6-11-2-1-5-16-11)3-4-14(13)20(17,18)12-8-19-9-12/h3-4,7,11-12,16H,1-2,5-6,8-9H2. The maximum atomic E-state index is 12.4. The predicted molar refractivity (Wildman–Crippen MR) is 80.7 cm³/mol. The van der Waals surface area contributed by atoms with E-state index in [1.54, 1.807) is 6.07 Å². The van der Waals surface area contributed by atoms with Crippen molar-refractivity contribution >= 4 is 25.8 Å². The van der Waals surface area contributed by atoms with Crippen molar-refractivity contribution in [2.75, 3.05) is 19.8 Å². The average Bonchev–Trinajstić information content (AvgIpc) is 2.78. The topological polar surface area (TPSA) is 55.4 Å². The van der Waals surface area contributed by atoms with Crippen molar-refractivity contribution in [1.29, 1.82) is 0 Å². The molecule has 0 saturated carbocycles. The van der Waals surface area contributed by atoms with E-state index >= 15 is 0 Å². The fourth-order valence-electron chi connectivity index (χ4n) is 2.69. The minimum Gasteiger partial charge on any atom is -0.379 e. The molecule has 2 saturated heterocycles. The van der Waals surface area contributed by atoms with E-state index in [0.717, 1.165) is 13.0 Å². The number of hydrogen-bond donors (Lipinski definition) is 1. The average molecular weight is 360 g/mol. The van der Waals surface area contributed by atoms with Gasteiger partial charge in [0.1, 0.15) is 5.25 Å². The van der Waals surface area contributed by atoms with E-state index in [2.05, 4.69) is 21.2 Å². The smallest absolute Gasteiger partial charge is 0.186 e. The summed E-state index contributed by atoms with van der Waals surface area (Å²) >= 11 is 3.41. The van der Waals surface area contributed by atoms with Crippen LogP contribution in [0.3, 0.4) is 0 Å². The van der Waals surface area contributed by atoms with Gasteiger partial charge in [0.2, 0.25) is 0 Å². The zero-order valence-electron chi connectivity index (χ0n) is 11.1. The summed E-state index contributed by atoms with van der Waals surface area (Å²) in [5, 5.41) is 3.07. The van der Waals surface area contributed by atoms with E-state index in [1.807, 2.05) is 12.1 Å². The molecule has 2 heterocycles. The molecule has 1 aromatic carbocycles. The van der Waals surface area contributed by atoms with Crippen LogP contribution in [-0.2, 0) is 21.0 Å². The molecule has 110 valence electrons. The van der Waals surface area contributed by atoms with E-state index in [-0.39, 0.29) is 5.25 Å². The lowest BCUT2D eigenvalue weighted by Crippen LogP contribution is -2.40. The fourth-order valence-corrected chi connectivity index (χ4v) is 5.29. The van der Waals surface area contributed by atoms with Gasteiger partial charge < -0.3 is 10.1 Å². The van der Waals surface area contributed by atoms with Crippen LogP contribution < -0.4 is 5.32 Å². The van der Waals surface area contributed by atoms with E-state index in [9.17, 15) is 8.42 Å². The second kappa shape index (κ2) is 5.75. The predicted octanol–water partition coefficient (Wildman–Crippen LogP) is 1.92. The summed E-state index contributed by atoms with van der Waals surface area (Å²) < 4.78 is 30.4. The molecule has 6 heteroatoms. The van der Waals surface area contributed by atoms with E-state index in [4.69, 9.17) is 4.74 Å². The molecule has 0 bridgehead atoms. The summed E-state index contributed by atoms with van der Waals surface area (Å²) in [6, 6.07) is 6.11. The Labute approximate surface area is 127 Å². The van der Waals surface area contributed by atoms with Crippen molar-refractivity contribution in [2.24, 2.45) is 0 Å². The molecule has 2 aliphatic heterocycles. The van der Waals surface area contributed by atoms with Gasteiger partial charge in [0.15, 0.2) is 9.84 Å². The highest BCUT2D eigenvalue weighted by atomic mass is 79.9. The number of hydrogen-bond acceptors (Lipinski definition) is 4. The minimum atomic E-state index is -3.26.